The van der Waals surface area contributed by atoms with Crippen molar-refractivity contribution < 1.29 is 17.6 Å². The SMILES string of the molecule is CS(=O)(=O)N1CCC(C(=O)Nc2cnn(Cc3cccc(F)c3)c2)CC1. The van der Waals surface area contributed by atoms with Crippen molar-refractivity contribution >= 4 is 21.6 Å². The van der Waals surface area contributed by atoms with E-state index in [1.165, 1.54) is 22.7 Å². The van der Waals surface area contributed by atoms with Gasteiger partial charge in [-0.3, -0.25) is 9.48 Å². The Bertz CT molecular complexity index is 889. The molecule has 0 bridgehead atoms. The fourth-order valence-electron chi connectivity index (χ4n) is 3.03. The molecule has 0 atom stereocenters. The number of nitrogens with zero attached hydrogens (tertiary/aromatic N) is 3. The lowest BCUT2D eigenvalue weighted by Gasteiger charge is -2.29. The zero-order chi connectivity index (χ0) is 18.7. The number of rotatable bonds is 5. The van der Waals surface area contributed by atoms with Gasteiger partial charge in [0, 0.05) is 25.2 Å². The Morgan fingerprint density at radius 3 is 2.73 bits per heavy atom. The molecular formula is C17H21FN4O3S. The molecule has 0 unspecified atom stereocenters. The van der Waals surface area contributed by atoms with Crippen molar-refractivity contribution in [1.29, 1.82) is 0 Å². The Balaban J connectivity index is 1.55. The molecule has 1 aliphatic heterocycles. The molecule has 9 heteroatoms. The molecule has 1 aromatic carbocycles. The minimum Gasteiger partial charge on any atom is -0.323 e. The molecule has 3 rings (SSSR count). The van der Waals surface area contributed by atoms with Crippen molar-refractivity contribution in [3.63, 3.8) is 0 Å². The summed E-state index contributed by atoms with van der Waals surface area (Å²) in [5, 5.41) is 6.99. The van der Waals surface area contributed by atoms with Gasteiger partial charge in [0.1, 0.15) is 5.82 Å². The van der Waals surface area contributed by atoms with Crippen LogP contribution in [0.3, 0.4) is 0 Å². The lowest BCUT2D eigenvalue weighted by molar-refractivity contribution is -0.120. The van der Waals surface area contributed by atoms with Crippen molar-refractivity contribution in [2.75, 3.05) is 24.7 Å². The molecule has 26 heavy (non-hydrogen) atoms. The van der Waals surface area contributed by atoms with Crippen LogP contribution in [0, 0.1) is 11.7 Å². The molecule has 2 heterocycles. The molecule has 0 aliphatic carbocycles. The smallest absolute Gasteiger partial charge is 0.227 e. The van der Waals surface area contributed by atoms with Gasteiger partial charge < -0.3 is 5.32 Å². The minimum absolute atomic E-state index is 0.136. The Morgan fingerprint density at radius 2 is 2.08 bits per heavy atom. The quantitative estimate of drug-likeness (QED) is 0.855. The van der Waals surface area contributed by atoms with Gasteiger partial charge in [-0.1, -0.05) is 12.1 Å². The number of sulfonamides is 1. The van der Waals surface area contributed by atoms with E-state index in [2.05, 4.69) is 10.4 Å². The molecule has 1 fully saturated rings. The number of carbonyl (C=O) groups is 1. The Morgan fingerprint density at radius 1 is 1.35 bits per heavy atom. The number of hydrogen-bond donors (Lipinski definition) is 1. The molecule has 7 nitrogen and oxygen atoms in total. The van der Waals surface area contributed by atoms with Gasteiger partial charge in [0.25, 0.3) is 0 Å². The number of carbonyl (C=O) groups excluding carboxylic acids is 1. The largest absolute Gasteiger partial charge is 0.323 e. The molecule has 1 aliphatic rings. The second kappa shape index (κ2) is 7.55. The van der Waals surface area contributed by atoms with Crippen LogP contribution in [0.15, 0.2) is 36.7 Å². The molecule has 1 amide bonds. The summed E-state index contributed by atoms with van der Waals surface area (Å²) < 4.78 is 39.3. The van der Waals surface area contributed by atoms with E-state index in [1.807, 2.05) is 0 Å². The van der Waals surface area contributed by atoms with E-state index in [0.717, 1.165) is 5.56 Å². The molecule has 1 N–H and O–H groups in total. The Kier molecular flexibility index (Phi) is 5.38. The van der Waals surface area contributed by atoms with Gasteiger partial charge >= 0.3 is 0 Å². The van der Waals surface area contributed by atoms with Crippen molar-refractivity contribution in [3.05, 3.63) is 48.0 Å². The van der Waals surface area contributed by atoms with Crippen LogP contribution in [0.25, 0.3) is 0 Å². The van der Waals surface area contributed by atoms with Crippen molar-refractivity contribution in [1.82, 2.24) is 14.1 Å². The molecule has 1 saturated heterocycles. The molecule has 140 valence electrons. The van der Waals surface area contributed by atoms with Crippen LogP contribution in [-0.2, 0) is 21.4 Å². The third-order valence-corrected chi connectivity index (χ3v) is 5.73. The summed E-state index contributed by atoms with van der Waals surface area (Å²) in [6, 6.07) is 6.26. The molecule has 0 saturated carbocycles. The van der Waals surface area contributed by atoms with E-state index < -0.39 is 10.0 Å². The first-order valence-electron chi connectivity index (χ1n) is 8.34. The monoisotopic (exact) mass is 380 g/mol. The van der Waals surface area contributed by atoms with Crippen LogP contribution < -0.4 is 5.32 Å². The van der Waals surface area contributed by atoms with E-state index in [-0.39, 0.29) is 17.6 Å². The van der Waals surface area contributed by atoms with Crippen LogP contribution >= 0.6 is 0 Å². The maximum Gasteiger partial charge on any atom is 0.227 e. The van der Waals surface area contributed by atoms with Crippen molar-refractivity contribution in [3.8, 4) is 0 Å². The van der Waals surface area contributed by atoms with Crippen LogP contribution in [0.1, 0.15) is 18.4 Å². The highest BCUT2D eigenvalue weighted by molar-refractivity contribution is 7.88. The number of benzene rings is 1. The van der Waals surface area contributed by atoms with Gasteiger partial charge in [0.05, 0.1) is 24.7 Å². The third kappa shape index (κ3) is 4.67. The van der Waals surface area contributed by atoms with E-state index in [4.69, 9.17) is 0 Å². The zero-order valence-electron chi connectivity index (χ0n) is 14.4. The number of anilines is 1. The molecule has 0 spiro atoms. The highest BCUT2D eigenvalue weighted by atomic mass is 32.2. The van der Waals surface area contributed by atoms with Crippen LogP contribution in [0.2, 0.25) is 0 Å². The Labute approximate surface area is 151 Å². The topological polar surface area (TPSA) is 84.3 Å². The first-order valence-corrected chi connectivity index (χ1v) is 10.2. The fraction of sp³-hybridized carbons (Fsp3) is 0.412. The maximum atomic E-state index is 13.2. The summed E-state index contributed by atoms with van der Waals surface area (Å²) in [7, 11) is -3.20. The summed E-state index contributed by atoms with van der Waals surface area (Å²) in [6.07, 6.45) is 5.41. The summed E-state index contributed by atoms with van der Waals surface area (Å²) in [5.74, 6) is -0.661. The van der Waals surface area contributed by atoms with E-state index in [9.17, 15) is 17.6 Å². The number of hydrogen-bond acceptors (Lipinski definition) is 4. The Hall–Kier alpha value is -2.26. The standard InChI is InChI=1S/C17H21FN4O3S/c1-26(24,25)22-7-5-14(6-8-22)17(23)20-16-10-19-21(12-16)11-13-3-2-4-15(18)9-13/h2-4,9-10,12,14H,5-8,11H2,1H3,(H,20,23). The van der Waals surface area contributed by atoms with E-state index in [0.29, 0.717) is 38.2 Å². The molecule has 2 aromatic rings. The normalized spacial score (nSPS) is 16.5. The van der Waals surface area contributed by atoms with Crippen LogP contribution in [0.5, 0.6) is 0 Å². The number of nitrogens with one attached hydrogen (secondary N) is 1. The van der Waals surface area contributed by atoms with Crippen molar-refractivity contribution in [2.24, 2.45) is 5.92 Å². The fourth-order valence-corrected chi connectivity index (χ4v) is 3.91. The number of aromatic nitrogens is 2. The first kappa shape index (κ1) is 18.5. The second-order valence-electron chi connectivity index (χ2n) is 6.48. The number of halogens is 1. The highest BCUT2D eigenvalue weighted by Crippen LogP contribution is 2.21. The lowest BCUT2D eigenvalue weighted by atomic mass is 9.97. The summed E-state index contributed by atoms with van der Waals surface area (Å²) in [4.78, 5) is 12.4. The predicted octanol–water partition coefficient (Wildman–Crippen LogP) is 1.68. The van der Waals surface area contributed by atoms with Gasteiger partial charge in [-0.2, -0.15) is 5.10 Å². The first-order chi connectivity index (χ1) is 12.3. The summed E-state index contributed by atoms with van der Waals surface area (Å²) in [5.41, 5.74) is 1.34. The molecular weight excluding hydrogens is 359 g/mol. The van der Waals surface area contributed by atoms with Crippen molar-refractivity contribution in [2.45, 2.75) is 19.4 Å². The van der Waals surface area contributed by atoms with Gasteiger partial charge in [0.2, 0.25) is 15.9 Å². The van der Waals surface area contributed by atoms with E-state index in [1.54, 1.807) is 29.2 Å². The third-order valence-electron chi connectivity index (χ3n) is 4.43. The van der Waals surface area contributed by atoms with E-state index >= 15 is 0 Å². The number of piperidine rings is 1. The summed E-state index contributed by atoms with van der Waals surface area (Å²) in [6.45, 7) is 1.12. The van der Waals surface area contributed by atoms with Gasteiger partial charge in [-0.25, -0.2) is 17.1 Å². The maximum absolute atomic E-state index is 13.2. The average molecular weight is 380 g/mol. The van der Waals surface area contributed by atoms with Gasteiger partial charge in [-0.15, -0.1) is 0 Å². The van der Waals surface area contributed by atoms with Gasteiger partial charge in [-0.05, 0) is 30.5 Å². The summed E-state index contributed by atoms with van der Waals surface area (Å²) >= 11 is 0. The van der Waals surface area contributed by atoms with Gasteiger partial charge in [0.15, 0.2) is 0 Å². The zero-order valence-corrected chi connectivity index (χ0v) is 15.2. The average Bonchev–Trinajstić information content (AvgIpc) is 3.01. The van der Waals surface area contributed by atoms with Crippen LogP contribution in [0.4, 0.5) is 10.1 Å². The predicted molar refractivity (Wildman–Crippen MR) is 95.5 cm³/mol. The number of amides is 1. The lowest BCUT2D eigenvalue weighted by Crippen LogP contribution is -2.40. The molecule has 0 radical (unpaired) electrons. The second-order valence-corrected chi connectivity index (χ2v) is 8.46. The molecule has 1 aromatic heterocycles. The van der Waals surface area contributed by atoms with Crippen LogP contribution in [-0.4, -0.2) is 47.8 Å². The highest BCUT2D eigenvalue weighted by Gasteiger charge is 2.29. The minimum atomic E-state index is -3.20.